The molecule has 2 aromatic rings. The van der Waals surface area contributed by atoms with Crippen LogP contribution in [-0.4, -0.2) is 8.42 Å². The maximum atomic E-state index is 11.2. The van der Waals surface area contributed by atoms with Crippen LogP contribution in [0.5, 0.6) is 0 Å². The van der Waals surface area contributed by atoms with Gasteiger partial charge in [0, 0.05) is 10.7 Å². The van der Waals surface area contributed by atoms with E-state index in [1.807, 2.05) is 18.2 Å². The highest BCUT2D eigenvalue weighted by Gasteiger charge is 2.22. The van der Waals surface area contributed by atoms with Gasteiger partial charge in [-0.1, -0.05) is 17.7 Å². The van der Waals surface area contributed by atoms with Crippen LogP contribution >= 0.6 is 11.6 Å². The molecule has 0 fully saturated rings. The summed E-state index contributed by atoms with van der Waals surface area (Å²) in [5.74, 6) is 0. The van der Waals surface area contributed by atoms with Crippen molar-refractivity contribution in [3.05, 3.63) is 58.6 Å². The Kier molecular flexibility index (Phi) is 3.65. The lowest BCUT2D eigenvalue weighted by Gasteiger charge is -2.16. The van der Waals surface area contributed by atoms with E-state index in [1.54, 1.807) is 12.1 Å². The molecule has 3 rings (SSSR count). The monoisotopic (exact) mass is 322 g/mol. The molecule has 0 amide bonds. The molecule has 0 saturated heterocycles. The zero-order chi connectivity index (χ0) is 15.0. The molecule has 0 bridgehead atoms. The van der Waals surface area contributed by atoms with Gasteiger partial charge in [-0.15, -0.1) is 0 Å². The molecular weight excluding hydrogens is 308 g/mol. The third kappa shape index (κ3) is 3.05. The minimum absolute atomic E-state index is 0.117. The van der Waals surface area contributed by atoms with Crippen molar-refractivity contribution in [2.75, 3.05) is 5.32 Å². The van der Waals surface area contributed by atoms with E-state index in [0.29, 0.717) is 0 Å². The van der Waals surface area contributed by atoms with Crippen LogP contribution in [-0.2, 0) is 16.4 Å². The van der Waals surface area contributed by atoms with Crippen molar-refractivity contribution in [1.82, 2.24) is 0 Å². The van der Waals surface area contributed by atoms with Gasteiger partial charge in [0.15, 0.2) is 0 Å². The molecule has 4 nitrogen and oxygen atoms in total. The molecule has 6 heteroatoms. The first-order valence-electron chi connectivity index (χ1n) is 6.61. The minimum atomic E-state index is -3.64. The molecular formula is C15H15ClN2O2S. The van der Waals surface area contributed by atoms with Crippen LogP contribution in [0.3, 0.4) is 0 Å². The summed E-state index contributed by atoms with van der Waals surface area (Å²) in [6.45, 7) is 0. The standard InChI is InChI=1S/C15H15ClN2O2S/c16-11-2-7-14-10(9-11)1-8-15(14)18-12-3-5-13(6-4-12)21(17,19)20/h2-7,9,15,18H,1,8H2,(H2,17,19,20). The van der Waals surface area contributed by atoms with E-state index in [9.17, 15) is 8.42 Å². The summed E-state index contributed by atoms with van der Waals surface area (Å²) >= 11 is 6.00. The van der Waals surface area contributed by atoms with Crippen LogP contribution in [0.15, 0.2) is 47.4 Å². The topological polar surface area (TPSA) is 72.2 Å². The molecule has 0 heterocycles. The molecule has 0 radical (unpaired) electrons. The summed E-state index contributed by atoms with van der Waals surface area (Å²) in [6, 6.07) is 12.6. The van der Waals surface area contributed by atoms with Crippen molar-refractivity contribution >= 4 is 27.3 Å². The van der Waals surface area contributed by atoms with Crippen LogP contribution in [0, 0.1) is 0 Å². The predicted molar refractivity (Wildman–Crippen MR) is 84.0 cm³/mol. The molecule has 1 aliphatic rings. The fourth-order valence-corrected chi connectivity index (χ4v) is 3.39. The molecule has 0 spiro atoms. The number of nitrogens with one attached hydrogen (secondary N) is 1. The molecule has 1 aliphatic carbocycles. The van der Waals surface area contributed by atoms with Crippen LogP contribution in [0.4, 0.5) is 5.69 Å². The van der Waals surface area contributed by atoms with Crippen molar-refractivity contribution < 1.29 is 8.42 Å². The lowest BCUT2D eigenvalue weighted by atomic mass is 10.1. The Labute approximate surface area is 129 Å². The van der Waals surface area contributed by atoms with Crippen molar-refractivity contribution in [3.8, 4) is 0 Å². The number of hydrogen-bond donors (Lipinski definition) is 2. The lowest BCUT2D eigenvalue weighted by Crippen LogP contribution is -2.12. The molecule has 0 aromatic heterocycles. The Hall–Kier alpha value is -1.56. The second-order valence-electron chi connectivity index (χ2n) is 5.15. The zero-order valence-electron chi connectivity index (χ0n) is 11.2. The first-order chi connectivity index (χ1) is 9.93. The SMILES string of the molecule is NS(=O)(=O)c1ccc(NC2CCc3cc(Cl)ccc32)cc1. The molecule has 0 saturated carbocycles. The van der Waals surface area contributed by atoms with Crippen LogP contribution in [0.2, 0.25) is 5.02 Å². The van der Waals surface area contributed by atoms with Crippen LogP contribution < -0.4 is 10.5 Å². The molecule has 1 atom stereocenters. The second-order valence-corrected chi connectivity index (χ2v) is 7.15. The Morgan fingerprint density at radius 3 is 2.52 bits per heavy atom. The third-order valence-electron chi connectivity index (χ3n) is 3.71. The number of anilines is 1. The summed E-state index contributed by atoms with van der Waals surface area (Å²) in [4.78, 5) is 0.117. The highest BCUT2D eigenvalue weighted by Crippen LogP contribution is 2.35. The van der Waals surface area contributed by atoms with E-state index in [4.69, 9.17) is 16.7 Å². The van der Waals surface area contributed by atoms with E-state index in [2.05, 4.69) is 5.32 Å². The van der Waals surface area contributed by atoms with Crippen LogP contribution in [0.1, 0.15) is 23.6 Å². The number of fused-ring (bicyclic) bond motifs is 1. The van der Waals surface area contributed by atoms with E-state index >= 15 is 0 Å². The average molecular weight is 323 g/mol. The first kappa shape index (κ1) is 14.4. The van der Waals surface area contributed by atoms with Gasteiger partial charge < -0.3 is 5.32 Å². The average Bonchev–Trinajstić information content (AvgIpc) is 2.80. The van der Waals surface area contributed by atoms with Gasteiger partial charge in [-0.25, -0.2) is 13.6 Å². The molecule has 21 heavy (non-hydrogen) atoms. The van der Waals surface area contributed by atoms with Gasteiger partial charge in [0.05, 0.1) is 10.9 Å². The quantitative estimate of drug-likeness (QED) is 0.912. The summed E-state index contributed by atoms with van der Waals surface area (Å²) in [7, 11) is -3.64. The number of primary sulfonamides is 1. The Morgan fingerprint density at radius 2 is 1.86 bits per heavy atom. The molecule has 3 N–H and O–H groups in total. The lowest BCUT2D eigenvalue weighted by molar-refractivity contribution is 0.598. The van der Waals surface area contributed by atoms with Crippen molar-refractivity contribution in [3.63, 3.8) is 0 Å². The summed E-state index contributed by atoms with van der Waals surface area (Å²) < 4.78 is 22.5. The van der Waals surface area contributed by atoms with Gasteiger partial charge in [-0.2, -0.15) is 0 Å². The summed E-state index contributed by atoms with van der Waals surface area (Å²) in [6.07, 6.45) is 1.98. The van der Waals surface area contributed by atoms with Gasteiger partial charge in [0.1, 0.15) is 0 Å². The number of benzene rings is 2. The zero-order valence-corrected chi connectivity index (χ0v) is 12.8. The van der Waals surface area contributed by atoms with Gasteiger partial charge in [-0.3, -0.25) is 0 Å². The maximum Gasteiger partial charge on any atom is 0.238 e. The summed E-state index contributed by atoms with van der Waals surface area (Å²) in [5.41, 5.74) is 3.38. The normalized spacial score (nSPS) is 17.5. The largest absolute Gasteiger partial charge is 0.378 e. The second kappa shape index (κ2) is 5.33. The number of rotatable bonds is 3. The predicted octanol–water partition coefficient (Wildman–Crippen LogP) is 3.09. The fraction of sp³-hybridized carbons (Fsp3) is 0.200. The molecule has 1 unspecified atom stereocenters. The minimum Gasteiger partial charge on any atom is -0.378 e. The Bertz CT molecular complexity index is 773. The van der Waals surface area contributed by atoms with E-state index < -0.39 is 10.0 Å². The fourth-order valence-electron chi connectivity index (χ4n) is 2.68. The van der Waals surface area contributed by atoms with E-state index in [-0.39, 0.29) is 10.9 Å². The van der Waals surface area contributed by atoms with Crippen molar-refractivity contribution in [2.45, 2.75) is 23.8 Å². The number of nitrogens with two attached hydrogens (primary N) is 1. The number of sulfonamides is 1. The smallest absolute Gasteiger partial charge is 0.238 e. The first-order valence-corrected chi connectivity index (χ1v) is 8.53. The number of halogens is 1. The van der Waals surface area contributed by atoms with Crippen molar-refractivity contribution in [2.24, 2.45) is 5.14 Å². The highest BCUT2D eigenvalue weighted by molar-refractivity contribution is 7.89. The van der Waals surface area contributed by atoms with Crippen molar-refractivity contribution in [1.29, 1.82) is 0 Å². The van der Waals surface area contributed by atoms with Gasteiger partial charge in [0.2, 0.25) is 10.0 Å². The van der Waals surface area contributed by atoms with Gasteiger partial charge in [-0.05, 0) is 60.4 Å². The number of hydrogen-bond acceptors (Lipinski definition) is 3. The molecule has 0 aliphatic heterocycles. The highest BCUT2D eigenvalue weighted by atomic mass is 35.5. The van der Waals surface area contributed by atoms with Gasteiger partial charge >= 0.3 is 0 Å². The van der Waals surface area contributed by atoms with Gasteiger partial charge in [0.25, 0.3) is 0 Å². The molecule has 110 valence electrons. The maximum absolute atomic E-state index is 11.2. The van der Waals surface area contributed by atoms with E-state index in [1.165, 1.54) is 23.3 Å². The summed E-state index contributed by atoms with van der Waals surface area (Å²) in [5, 5.41) is 9.26. The Morgan fingerprint density at radius 1 is 1.14 bits per heavy atom. The van der Waals surface area contributed by atoms with E-state index in [0.717, 1.165) is 23.6 Å². The van der Waals surface area contributed by atoms with Crippen LogP contribution in [0.25, 0.3) is 0 Å². The third-order valence-corrected chi connectivity index (χ3v) is 4.87. The number of aryl methyl sites for hydroxylation is 1. The Balaban J connectivity index is 1.80. The molecule has 2 aromatic carbocycles.